The van der Waals surface area contributed by atoms with Crippen LogP contribution in [-0.4, -0.2) is 48.0 Å². The molecule has 0 aromatic heterocycles. The zero-order valence-corrected chi connectivity index (χ0v) is 23.6. The summed E-state index contributed by atoms with van der Waals surface area (Å²) in [4.78, 5) is 5.50. The maximum Gasteiger partial charge on any atom is 0.116 e. The maximum absolute atomic E-state index is 10.2. The number of hydrogen-bond acceptors (Lipinski definition) is 5. The van der Waals surface area contributed by atoms with Gasteiger partial charge < -0.3 is 19.8 Å². The van der Waals surface area contributed by atoms with E-state index in [1.54, 1.807) is 0 Å². The lowest BCUT2D eigenvalue weighted by Gasteiger charge is -2.44. The first-order valence-corrected chi connectivity index (χ1v) is 14.6. The van der Waals surface area contributed by atoms with Crippen LogP contribution in [0.15, 0.2) is 70.9 Å². The molecule has 5 nitrogen and oxygen atoms in total. The summed E-state index contributed by atoms with van der Waals surface area (Å²) in [5.74, 6) is 1.65. The number of aliphatic hydroxyl groups excluding tert-OH is 2. The number of benzene rings is 1. The highest BCUT2D eigenvalue weighted by molar-refractivity contribution is 6.01. The van der Waals surface area contributed by atoms with E-state index in [-0.39, 0.29) is 5.41 Å². The molecule has 0 aliphatic heterocycles. The molecular formula is C33H47NO4. The monoisotopic (exact) mass is 521 g/mol. The Morgan fingerprint density at radius 3 is 2.76 bits per heavy atom. The Balaban J connectivity index is 1.39. The average molecular weight is 522 g/mol. The predicted octanol–water partition coefficient (Wildman–Crippen LogP) is 6.61. The lowest BCUT2D eigenvalue weighted by Crippen LogP contribution is -2.37. The molecule has 0 saturated heterocycles. The first-order chi connectivity index (χ1) is 18.3. The summed E-state index contributed by atoms with van der Waals surface area (Å²) in [6.45, 7) is 12.8. The second-order valence-electron chi connectivity index (χ2n) is 11.9. The molecule has 0 radical (unpaired) electrons. The molecule has 3 fully saturated rings. The second-order valence-corrected chi connectivity index (χ2v) is 11.9. The molecule has 3 aliphatic rings. The summed E-state index contributed by atoms with van der Waals surface area (Å²) in [6, 6.07) is 10.2. The number of hydrogen-bond donors (Lipinski definition) is 2. The maximum atomic E-state index is 10.2. The van der Waals surface area contributed by atoms with Gasteiger partial charge in [-0.05, 0) is 79.3 Å². The van der Waals surface area contributed by atoms with Crippen LogP contribution in [0, 0.1) is 23.2 Å². The van der Waals surface area contributed by atoms with Crippen molar-refractivity contribution in [2.75, 3.05) is 19.8 Å². The highest BCUT2D eigenvalue weighted by Crippen LogP contribution is 2.59. The summed E-state index contributed by atoms with van der Waals surface area (Å²) >= 11 is 0. The van der Waals surface area contributed by atoms with Crippen molar-refractivity contribution >= 4 is 5.71 Å². The third-order valence-electron chi connectivity index (χ3n) is 9.19. The zero-order valence-electron chi connectivity index (χ0n) is 23.6. The van der Waals surface area contributed by atoms with Crippen molar-refractivity contribution in [3.05, 3.63) is 71.3 Å². The number of oxime groups is 1. The molecule has 0 amide bonds. The Morgan fingerprint density at radius 2 is 2.00 bits per heavy atom. The van der Waals surface area contributed by atoms with E-state index in [9.17, 15) is 10.2 Å². The van der Waals surface area contributed by atoms with Crippen molar-refractivity contribution in [2.45, 2.75) is 84.3 Å². The first-order valence-electron chi connectivity index (χ1n) is 14.6. The summed E-state index contributed by atoms with van der Waals surface area (Å²) in [5, 5.41) is 24.7. The molecule has 0 spiro atoms. The van der Waals surface area contributed by atoms with E-state index in [2.05, 4.69) is 56.8 Å². The quantitative estimate of drug-likeness (QED) is 0.206. The Morgan fingerprint density at radius 1 is 1.21 bits per heavy atom. The van der Waals surface area contributed by atoms with Gasteiger partial charge in [0.2, 0.25) is 0 Å². The van der Waals surface area contributed by atoms with Crippen molar-refractivity contribution < 1.29 is 19.8 Å². The molecular weight excluding hydrogens is 474 g/mol. The van der Waals surface area contributed by atoms with Crippen LogP contribution in [0.25, 0.3) is 0 Å². The molecule has 6 atom stereocenters. The fourth-order valence-electron chi connectivity index (χ4n) is 7.14. The smallest absolute Gasteiger partial charge is 0.116 e. The number of fused-ring (bicyclic) bond motifs is 1. The topological polar surface area (TPSA) is 71.3 Å². The van der Waals surface area contributed by atoms with Gasteiger partial charge in [0.05, 0.1) is 18.8 Å². The average Bonchev–Trinajstić information content (AvgIpc) is 3.27. The van der Waals surface area contributed by atoms with Crippen LogP contribution >= 0.6 is 0 Å². The molecule has 1 aromatic rings. The van der Waals surface area contributed by atoms with E-state index in [1.807, 2.05) is 18.2 Å². The molecule has 4 rings (SSSR count). The summed E-state index contributed by atoms with van der Waals surface area (Å²) in [6.07, 6.45) is 11.2. The largest absolute Gasteiger partial charge is 0.396 e. The van der Waals surface area contributed by atoms with Gasteiger partial charge in [0.1, 0.15) is 12.3 Å². The third-order valence-corrected chi connectivity index (χ3v) is 9.19. The van der Waals surface area contributed by atoms with Gasteiger partial charge in [0.25, 0.3) is 0 Å². The van der Waals surface area contributed by atoms with Gasteiger partial charge >= 0.3 is 0 Å². The molecule has 5 heteroatoms. The van der Waals surface area contributed by atoms with E-state index < -0.39 is 12.2 Å². The van der Waals surface area contributed by atoms with Gasteiger partial charge in [0.15, 0.2) is 0 Å². The fraction of sp³-hybridized carbons (Fsp3) is 0.606. The lowest BCUT2D eigenvalue weighted by molar-refractivity contribution is 0.0448. The normalized spacial score (nSPS) is 33.0. The van der Waals surface area contributed by atoms with Gasteiger partial charge in [-0.2, -0.15) is 0 Å². The van der Waals surface area contributed by atoms with E-state index in [0.717, 1.165) is 35.3 Å². The molecule has 2 N–H and O–H groups in total. The minimum Gasteiger partial charge on any atom is -0.396 e. The minimum absolute atomic E-state index is 0.272. The third kappa shape index (κ3) is 6.67. The van der Waals surface area contributed by atoms with Crippen molar-refractivity contribution in [3.63, 3.8) is 0 Å². The van der Waals surface area contributed by atoms with Crippen molar-refractivity contribution in [3.8, 4) is 0 Å². The Bertz CT molecular complexity index is 1030. The molecule has 0 heterocycles. The van der Waals surface area contributed by atoms with Crippen LogP contribution in [0.5, 0.6) is 0 Å². The van der Waals surface area contributed by atoms with Crippen molar-refractivity contribution in [2.24, 2.45) is 28.3 Å². The number of aliphatic hydroxyl groups is 2. The van der Waals surface area contributed by atoms with Crippen LogP contribution in [-0.2, 0) is 9.57 Å². The standard InChI is InChI=1S/C33H47NO4/c1-5-18-38-34-31(26-10-7-6-8-11-26)22-37-21-23(2)29-15-16-30-25(12-9-17-33(29,30)4)13-14-27-19-28(35)20-32(36)24(27)3/h6-8,10-11,13-14,23,28-30,32,35-36H,3,5,9,12,15-22H2,1-2,4H3/t23-,28-,29-,30+,32+,33-/m1/s1. The summed E-state index contributed by atoms with van der Waals surface area (Å²) in [7, 11) is 0. The summed E-state index contributed by atoms with van der Waals surface area (Å²) in [5.41, 5.74) is 5.44. The number of ether oxygens (including phenoxy) is 1. The highest BCUT2D eigenvalue weighted by Gasteiger charge is 2.50. The minimum atomic E-state index is -0.637. The number of nitrogens with zero attached hydrogens (tertiary/aromatic N) is 1. The van der Waals surface area contributed by atoms with E-state index in [4.69, 9.17) is 9.57 Å². The number of allylic oxidation sites excluding steroid dienone is 3. The van der Waals surface area contributed by atoms with Crippen molar-refractivity contribution in [1.29, 1.82) is 0 Å². The summed E-state index contributed by atoms with van der Waals surface area (Å²) < 4.78 is 6.27. The van der Waals surface area contributed by atoms with Crippen LogP contribution in [0.2, 0.25) is 0 Å². The van der Waals surface area contributed by atoms with Crippen LogP contribution < -0.4 is 0 Å². The number of rotatable bonds is 10. The first kappa shape index (κ1) is 28.8. The van der Waals surface area contributed by atoms with Crippen LogP contribution in [0.3, 0.4) is 0 Å². The van der Waals surface area contributed by atoms with E-state index >= 15 is 0 Å². The predicted molar refractivity (Wildman–Crippen MR) is 154 cm³/mol. The Hall–Kier alpha value is -2.21. The van der Waals surface area contributed by atoms with Gasteiger partial charge in [-0.1, -0.05) is 80.6 Å². The van der Waals surface area contributed by atoms with Gasteiger partial charge in [0, 0.05) is 18.6 Å². The van der Waals surface area contributed by atoms with Gasteiger partial charge in [-0.3, -0.25) is 0 Å². The Kier molecular flexibility index (Phi) is 10.0. The Labute approximate surface area is 229 Å². The lowest BCUT2D eigenvalue weighted by atomic mass is 9.61. The molecule has 38 heavy (non-hydrogen) atoms. The van der Waals surface area contributed by atoms with Crippen LogP contribution in [0.1, 0.15) is 77.7 Å². The van der Waals surface area contributed by atoms with Crippen molar-refractivity contribution in [1.82, 2.24) is 0 Å². The van der Waals surface area contributed by atoms with Gasteiger partial charge in [-0.15, -0.1) is 0 Å². The molecule has 208 valence electrons. The molecule has 0 unspecified atom stereocenters. The second kappa shape index (κ2) is 13.2. The molecule has 3 saturated carbocycles. The molecule has 3 aliphatic carbocycles. The van der Waals surface area contributed by atoms with E-state index in [1.165, 1.54) is 31.3 Å². The molecule has 0 bridgehead atoms. The van der Waals surface area contributed by atoms with Gasteiger partial charge in [-0.25, -0.2) is 0 Å². The SMILES string of the molecule is C=C1C(=CC=C2CCC[C@]3(C)[C@@H]([C@H](C)COCC(=NOCCC)c4ccccc4)CC[C@@H]23)C[C@@H](O)C[C@@H]1O. The fourth-order valence-corrected chi connectivity index (χ4v) is 7.14. The highest BCUT2D eigenvalue weighted by atomic mass is 16.6. The zero-order chi connectivity index (χ0) is 27.1. The van der Waals surface area contributed by atoms with E-state index in [0.29, 0.717) is 50.4 Å². The van der Waals surface area contributed by atoms with Crippen LogP contribution in [0.4, 0.5) is 0 Å². The molecule has 1 aromatic carbocycles.